The number of furan rings is 1. The molecule has 1 fully saturated rings. The van der Waals surface area contributed by atoms with Gasteiger partial charge in [0.05, 0.1) is 0 Å². The van der Waals surface area contributed by atoms with E-state index >= 15 is 0 Å². The van der Waals surface area contributed by atoms with Gasteiger partial charge in [0.2, 0.25) is 10.3 Å². The Labute approximate surface area is 164 Å². The van der Waals surface area contributed by atoms with Crippen LogP contribution in [0, 0.1) is 11.3 Å². The average molecular weight is 407 g/mol. The van der Waals surface area contributed by atoms with Crippen LogP contribution in [0.15, 0.2) is 32.4 Å². The molecule has 136 valence electrons. The van der Waals surface area contributed by atoms with E-state index < -0.39 is 5.91 Å². The highest BCUT2D eigenvalue weighted by molar-refractivity contribution is 7.99. The summed E-state index contributed by atoms with van der Waals surface area (Å²) in [5.41, 5.74) is -0.0329. The van der Waals surface area contributed by atoms with Crippen molar-refractivity contribution in [1.29, 1.82) is 5.26 Å². The predicted molar refractivity (Wildman–Crippen MR) is 105 cm³/mol. The van der Waals surface area contributed by atoms with Crippen molar-refractivity contribution in [3.63, 3.8) is 0 Å². The Morgan fingerprint density at radius 1 is 1.42 bits per heavy atom. The maximum absolute atomic E-state index is 12.3. The summed E-state index contributed by atoms with van der Waals surface area (Å²) in [4.78, 5) is 16.4. The number of carbonyl (C=O) groups excluding carboxylic acids is 1. The van der Waals surface area contributed by atoms with E-state index in [2.05, 4.69) is 14.7 Å². The summed E-state index contributed by atoms with van der Waals surface area (Å²) in [6.07, 6.45) is 9.59. The van der Waals surface area contributed by atoms with E-state index in [0.717, 1.165) is 16.6 Å². The molecule has 3 rings (SSSR count). The predicted octanol–water partition coefficient (Wildman–Crippen LogP) is 4.82. The zero-order valence-electron chi connectivity index (χ0n) is 14.2. The fraction of sp³-hybridized carbons (Fsp3) is 0.412. The zero-order valence-corrected chi connectivity index (χ0v) is 16.7. The van der Waals surface area contributed by atoms with Gasteiger partial charge < -0.3 is 4.42 Å². The third-order valence-corrected chi connectivity index (χ3v) is 6.45. The van der Waals surface area contributed by atoms with Crippen molar-refractivity contribution >= 4 is 52.2 Å². The standard InChI is InChI=1S/C17H18N4O2S3/c1-24-17-20-16(26-21-17)19-15(22)11(10-18)9-12-7-8-14(23-12)25-13-5-3-2-4-6-13/h7-9,13H,2-6H2,1H3,(H,19,20,21,22)/b11-9-. The topological polar surface area (TPSA) is 91.8 Å². The van der Waals surface area contributed by atoms with Gasteiger partial charge in [-0.3, -0.25) is 10.1 Å². The lowest BCUT2D eigenvalue weighted by Crippen LogP contribution is -2.13. The summed E-state index contributed by atoms with van der Waals surface area (Å²) in [5, 5.41) is 14.3. The molecule has 2 heterocycles. The number of nitrogens with zero attached hydrogens (tertiary/aromatic N) is 3. The number of thioether (sulfide) groups is 2. The summed E-state index contributed by atoms with van der Waals surface area (Å²) < 4.78 is 9.84. The first-order valence-electron chi connectivity index (χ1n) is 8.25. The normalized spacial score (nSPS) is 15.6. The molecule has 0 saturated heterocycles. The fourth-order valence-electron chi connectivity index (χ4n) is 2.62. The van der Waals surface area contributed by atoms with Crippen molar-refractivity contribution in [2.24, 2.45) is 0 Å². The Bertz CT molecular complexity index is 831. The molecule has 2 aromatic heterocycles. The highest BCUT2D eigenvalue weighted by Crippen LogP contribution is 2.34. The smallest absolute Gasteiger partial charge is 0.268 e. The minimum absolute atomic E-state index is 0.0329. The van der Waals surface area contributed by atoms with Crippen LogP contribution in [0.1, 0.15) is 37.9 Å². The quantitative estimate of drug-likeness (QED) is 0.417. The molecule has 0 unspecified atom stereocenters. The second-order valence-corrected chi connectivity index (χ2v) is 8.57. The Hall–Kier alpha value is -1.76. The van der Waals surface area contributed by atoms with Gasteiger partial charge in [0.15, 0.2) is 5.09 Å². The molecule has 26 heavy (non-hydrogen) atoms. The van der Waals surface area contributed by atoms with Gasteiger partial charge >= 0.3 is 0 Å². The molecule has 1 amide bonds. The first-order chi connectivity index (χ1) is 12.7. The van der Waals surface area contributed by atoms with Gasteiger partial charge in [-0.1, -0.05) is 42.8 Å². The van der Waals surface area contributed by atoms with Crippen LogP contribution in [-0.2, 0) is 4.79 Å². The van der Waals surface area contributed by atoms with Gasteiger partial charge in [-0.15, -0.1) is 0 Å². The Kier molecular flexibility index (Phi) is 6.77. The van der Waals surface area contributed by atoms with Crippen molar-refractivity contribution in [3.05, 3.63) is 23.5 Å². The molecule has 1 N–H and O–H groups in total. The minimum Gasteiger partial charge on any atom is -0.450 e. The summed E-state index contributed by atoms with van der Waals surface area (Å²) in [6, 6.07) is 5.60. The van der Waals surface area contributed by atoms with Crippen LogP contribution < -0.4 is 5.32 Å². The summed E-state index contributed by atoms with van der Waals surface area (Å²) >= 11 is 4.21. The number of amides is 1. The molecule has 2 aromatic rings. The first kappa shape index (κ1) is 19.0. The number of hydrogen-bond donors (Lipinski definition) is 1. The number of anilines is 1. The van der Waals surface area contributed by atoms with E-state index in [0.29, 0.717) is 21.3 Å². The highest BCUT2D eigenvalue weighted by Gasteiger charge is 2.17. The molecule has 0 aliphatic heterocycles. The molecule has 0 spiro atoms. The molecule has 1 saturated carbocycles. The Morgan fingerprint density at radius 3 is 2.92 bits per heavy atom. The minimum atomic E-state index is -0.519. The molecule has 0 atom stereocenters. The SMILES string of the molecule is CSc1nsc(NC(=O)/C(C#N)=C\c2ccc(SC3CCCCC3)o2)n1. The maximum Gasteiger partial charge on any atom is 0.268 e. The second-order valence-electron chi connectivity index (χ2n) is 5.74. The van der Waals surface area contributed by atoms with Crippen LogP contribution in [0.4, 0.5) is 5.13 Å². The van der Waals surface area contributed by atoms with Crippen LogP contribution in [0.25, 0.3) is 6.08 Å². The number of carbonyl (C=O) groups is 1. The van der Waals surface area contributed by atoms with Crippen molar-refractivity contribution in [2.45, 2.75) is 47.6 Å². The van der Waals surface area contributed by atoms with Gasteiger partial charge in [-0.05, 0) is 31.2 Å². The van der Waals surface area contributed by atoms with Crippen LogP contribution >= 0.6 is 35.1 Å². The molecule has 6 nitrogen and oxygen atoms in total. The van der Waals surface area contributed by atoms with Crippen molar-refractivity contribution in [2.75, 3.05) is 11.6 Å². The number of nitriles is 1. The molecule has 0 aromatic carbocycles. The molecular formula is C17H18N4O2S3. The van der Waals surface area contributed by atoms with Gasteiger partial charge in [-0.25, -0.2) is 0 Å². The Balaban J connectivity index is 1.64. The average Bonchev–Trinajstić information content (AvgIpc) is 3.29. The lowest BCUT2D eigenvalue weighted by atomic mass is 10.0. The molecule has 1 aliphatic carbocycles. The van der Waals surface area contributed by atoms with E-state index in [1.807, 2.05) is 18.4 Å². The zero-order chi connectivity index (χ0) is 18.4. The number of aromatic nitrogens is 2. The molecule has 0 bridgehead atoms. The third kappa shape index (κ3) is 5.13. The van der Waals surface area contributed by atoms with Crippen LogP contribution in [0.2, 0.25) is 0 Å². The first-order valence-corrected chi connectivity index (χ1v) is 11.1. The van der Waals surface area contributed by atoms with E-state index in [-0.39, 0.29) is 5.57 Å². The highest BCUT2D eigenvalue weighted by atomic mass is 32.2. The van der Waals surface area contributed by atoms with E-state index in [1.54, 1.807) is 17.8 Å². The monoisotopic (exact) mass is 406 g/mol. The molecule has 9 heteroatoms. The number of hydrogen-bond acceptors (Lipinski definition) is 8. The third-order valence-electron chi connectivity index (χ3n) is 3.90. The van der Waals surface area contributed by atoms with Gasteiger partial charge in [-0.2, -0.15) is 14.6 Å². The van der Waals surface area contributed by atoms with Crippen LogP contribution in [0.5, 0.6) is 0 Å². The van der Waals surface area contributed by atoms with Gasteiger partial charge in [0.25, 0.3) is 5.91 Å². The van der Waals surface area contributed by atoms with Gasteiger partial charge in [0.1, 0.15) is 17.4 Å². The van der Waals surface area contributed by atoms with Crippen molar-refractivity contribution in [3.8, 4) is 6.07 Å². The molecule has 0 radical (unpaired) electrons. The van der Waals surface area contributed by atoms with Gasteiger partial charge in [0, 0.05) is 22.9 Å². The summed E-state index contributed by atoms with van der Waals surface area (Å²) in [6.45, 7) is 0. The van der Waals surface area contributed by atoms with E-state index in [9.17, 15) is 10.1 Å². The number of nitrogens with one attached hydrogen (secondary N) is 1. The second kappa shape index (κ2) is 9.26. The fourth-order valence-corrected chi connectivity index (χ4v) is 4.93. The summed E-state index contributed by atoms with van der Waals surface area (Å²) in [5.74, 6) is -0.0220. The van der Waals surface area contributed by atoms with Crippen LogP contribution in [0.3, 0.4) is 0 Å². The number of rotatable bonds is 6. The maximum atomic E-state index is 12.3. The lowest BCUT2D eigenvalue weighted by Gasteiger charge is -2.19. The Morgan fingerprint density at radius 2 is 2.23 bits per heavy atom. The van der Waals surface area contributed by atoms with Crippen molar-refractivity contribution < 1.29 is 9.21 Å². The molecular weight excluding hydrogens is 388 g/mol. The largest absolute Gasteiger partial charge is 0.450 e. The molecule has 1 aliphatic rings. The lowest BCUT2D eigenvalue weighted by molar-refractivity contribution is -0.112. The summed E-state index contributed by atoms with van der Waals surface area (Å²) in [7, 11) is 0. The van der Waals surface area contributed by atoms with Crippen molar-refractivity contribution in [1.82, 2.24) is 9.36 Å². The van der Waals surface area contributed by atoms with E-state index in [4.69, 9.17) is 4.42 Å². The van der Waals surface area contributed by atoms with Crippen LogP contribution in [-0.4, -0.2) is 26.8 Å². The van der Waals surface area contributed by atoms with E-state index in [1.165, 1.54) is 49.9 Å².